The standard InChI is InChI=1S/C23H21N3O2S/c1-2-28-18-14-12-17(13-15-18)26-20-11-7-6-10-19(20)25-23(26)29-21(22(24)27)16-8-4-3-5-9-16/h3-15,21H,2H2,1H3,(H2,24,27). The lowest BCUT2D eigenvalue weighted by Gasteiger charge is -2.15. The molecule has 0 aliphatic carbocycles. The van der Waals surface area contributed by atoms with Crippen molar-refractivity contribution in [3.05, 3.63) is 84.4 Å². The van der Waals surface area contributed by atoms with Crippen LogP contribution in [0.2, 0.25) is 0 Å². The van der Waals surface area contributed by atoms with Crippen LogP contribution in [0.4, 0.5) is 0 Å². The van der Waals surface area contributed by atoms with E-state index in [0.717, 1.165) is 28.0 Å². The number of aromatic nitrogens is 2. The number of benzene rings is 3. The number of fused-ring (bicyclic) bond motifs is 1. The number of ether oxygens (including phenoxy) is 1. The van der Waals surface area contributed by atoms with Crippen LogP contribution in [0.1, 0.15) is 17.7 Å². The fourth-order valence-electron chi connectivity index (χ4n) is 3.21. The minimum atomic E-state index is -0.533. The van der Waals surface area contributed by atoms with Gasteiger partial charge in [0.2, 0.25) is 5.91 Å². The smallest absolute Gasteiger partial charge is 0.235 e. The second-order valence-electron chi connectivity index (χ2n) is 6.46. The van der Waals surface area contributed by atoms with E-state index in [2.05, 4.69) is 4.57 Å². The van der Waals surface area contributed by atoms with Crippen LogP contribution in [-0.4, -0.2) is 22.1 Å². The Bertz CT molecular complexity index is 1120. The topological polar surface area (TPSA) is 70.1 Å². The minimum Gasteiger partial charge on any atom is -0.494 e. The van der Waals surface area contributed by atoms with Crippen molar-refractivity contribution in [2.24, 2.45) is 5.73 Å². The Hall–Kier alpha value is -3.25. The molecule has 2 N–H and O–H groups in total. The van der Waals surface area contributed by atoms with Gasteiger partial charge >= 0.3 is 0 Å². The summed E-state index contributed by atoms with van der Waals surface area (Å²) >= 11 is 1.36. The molecule has 4 aromatic rings. The molecule has 29 heavy (non-hydrogen) atoms. The molecule has 5 nitrogen and oxygen atoms in total. The van der Waals surface area contributed by atoms with Crippen LogP contribution in [0.15, 0.2) is 84.0 Å². The quantitative estimate of drug-likeness (QED) is 0.452. The highest BCUT2D eigenvalue weighted by Crippen LogP contribution is 2.37. The van der Waals surface area contributed by atoms with E-state index in [1.165, 1.54) is 11.8 Å². The van der Waals surface area contributed by atoms with Gasteiger partial charge in [-0.05, 0) is 48.9 Å². The maximum Gasteiger partial charge on any atom is 0.235 e. The first-order valence-electron chi connectivity index (χ1n) is 9.39. The van der Waals surface area contributed by atoms with Gasteiger partial charge in [-0.1, -0.05) is 54.2 Å². The molecule has 1 atom stereocenters. The van der Waals surface area contributed by atoms with Gasteiger partial charge in [0.15, 0.2) is 5.16 Å². The van der Waals surface area contributed by atoms with E-state index in [0.29, 0.717) is 11.8 Å². The summed E-state index contributed by atoms with van der Waals surface area (Å²) in [5.41, 5.74) is 9.37. The summed E-state index contributed by atoms with van der Waals surface area (Å²) in [5.74, 6) is 0.417. The molecule has 0 radical (unpaired) electrons. The van der Waals surface area contributed by atoms with E-state index in [4.69, 9.17) is 15.5 Å². The molecule has 1 amide bonds. The number of rotatable bonds is 7. The fraction of sp³-hybridized carbons (Fsp3) is 0.130. The molecule has 0 aliphatic heterocycles. The first kappa shape index (κ1) is 19.1. The highest BCUT2D eigenvalue weighted by molar-refractivity contribution is 8.00. The van der Waals surface area contributed by atoms with Crippen molar-refractivity contribution >= 4 is 28.7 Å². The van der Waals surface area contributed by atoms with Gasteiger partial charge in [0.25, 0.3) is 0 Å². The second kappa shape index (κ2) is 8.41. The molecule has 1 aromatic heterocycles. The Morgan fingerprint density at radius 3 is 2.41 bits per heavy atom. The van der Waals surface area contributed by atoms with Crippen LogP contribution < -0.4 is 10.5 Å². The summed E-state index contributed by atoms with van der Waals surface area (Å²) in [6.07, 6.45) is 0. The third kappa shape index (κ3) is 3.98. The van der Waals surface area contributed by atoms with Gasteiger partial charge in [0.05, 0.1) is 17.6 Å². The number of thioether (sulfide) groups is 1. The van der Waals surface area contributed by atoms with Crippen molar-refractivity contribution in [1.82, 2.24) is 9.55 Å². The van der Waals surface area contributed by atoms with Gasteiger partial charge in [0.1, 0.15) is 11.0 Å². The van der Waals surface area contributed by atoms with Crippen molar-refractivity contribution in [3.8, 4) is 11.4 Å². The number of nitrogens with two attached hydrogens (primary N) is 1. The number of hydrogen-bond donors (Lipinski definition) is 1. The van der Waals surface area contributed by atoms with Crippen LogP contribution in [0.3, 0.4) is 0 Å². The lowest BCUT2D eigenvalue weighted by Crippen LogP contribution is -2.19. The predicted octanol–water partition coefficient (Wildman–Crippen LogP) is 4.74. The van der Waals surface area contributed by atoms with Gasteiger partial charge in [-0.3, -0.25) is 9.36 Å². The SMILES string of the molecule is CCOc1ccc(-n2c(SC(C(N)=O)c3ccccc3)nc3ccccc32)cc1. The zero-order valence-electron chi connectivity index (χ0n) is 16.0. The maximum absolute atomic E-state index is 12.2. The summed E-state index contributed by atoms with van der Waals surface area (Å²) in [6.45, 7) is 2.57. The first-order valence-corrected chi connectivity index (χ1v) is 10.3. The Labute approximate surface area is 173 Å². The minimum absolute atomic E-state index is 0.397. The Kier molecular flexibility index (Phi) is 5.53. The van der Waals surface area contributed by atoms with Crippen molar-refractivity contribution in [1.29, 1.82) is 0 Å². The zero-order valence-corrected chi connectivity index (χ0v) is 16.8. The molecular formula is C23H21N3O2S. The molecule has 0 bridgehead atoms. The van der Waals surface area contributed by atoms with Gasteiger partial charge in [-0.25, -0.2) is 4.98 Å². The molecule has 1 heterocycles. The van der Waals surface area contributed by atoms with Crippen LogP contribution in [0, 0.1) is 0 Å². The number of hydrogen-bond acceptors (Lipinski definition) is 4. The molecule has 146 valence electrons. The molecular weight excluding hydrogens is 382 g/mol. The zero-order chi connectivity index (χ0) is 20.2. The summed E-state index contributed by atoms with van der Waals surface area (Å²) in [5, 5.41) is 0.178. The molecule has 0 aliphatic rings. The molecule has 1 unspecified atom stereocenters. The van der Waals surface area contributed by atoms with E-state index >= 15 is 0 Å². The summed E-state index contributed by atoms with van der Waals surface area (Å²) in [7, 11) is 0. The third-order valence-electron chi connectivity index (χ3n) is 4.52. The molecule has 6 heteroatoms. The predicted molar refractivity (Wildman–Crippen MR) is 116 cm³/mol. The van der Waals surface area contributed by atoms with Crippen LogP contribution in [0.5, 0.6) is 5.75 Å². The molecule has 3 aromatic carbocycles. The molecule has 0 saturated heterocycles. The van der Waals surface area contributed by atoms with Crippen LogP contribution in [0.25, 0.3) is 16.7 Å². The second-order valence-corrected chi connectivity index (χ2v) is 7.53. The van der Waals surface area contributed by atoms with E-state index in [9.17, 15) is 4.79 Å². The lowest BCUT2D eigenvalue weighted by molar-refractivity contribution is -0.117. The number of carbonyl (C=O) groups is 1. The van der Waals surface area contributed by atoms with E-state index < -0.39 is 11.2 Å². The number of primary amides is 1. The van der Waals surface area contributed by atoms with Gasteiger partial charge in [-0.2, -0.15) is 0 Å². The van der Waals surface area contributed by atoms with Crippen molar-refractivity contribution in [2.45, 2.75) is 17.3 Å². The Morgan fingerprint density at radius 2 is 1.72 bits per heavy atom. The van der Waals surface area contributed by atoms with Gasteiger partial charge < -0.3 is 10.5 Å². The highest BCUT2D eigenvalue weighted by atomic mass is 32.2. The molecule has 4 rings (SSSR count). The number of imidazole rings is 1. The molecule has 0 saturated carbocycles. The first-order chi connectivity index (χ1) is 14.2. The Balaban J connectivity index is 1.80. The average Bonchev–Trinajstić information content (AvgIpc) is 3.11. The fourth-order valence-corrected chi connectivity index (χ4v) is 4.29. The van der Waals surface area contributed by atoms with Crippen molar-refractivity contribution in [2.75, 3.05) is 6.61 Å². The van der Waals surface area contributed by atoms with Gasteiger partial charge in [0, 0.05) is 5.69 Å². The van der Waals surface area contributed by atoms with E-state index in [1.54, 1.807) is 0 Å². The molecule has 0 fully saturated rings. The summed E-state index contributed by atoms with van der Waals surface area (Å²) in [4.78, 5) is 17.0. The number of amides is 1. The summed E-state index contributed by atoms with van der Waals surface area (Å²) < 4.78 is 7.61. The number of carbonyl (C=O) groups excluding carboxylic acids is 1. The van der Waals surface area contributed by atoms with Crippen LogP contribution >= 0.6 is 11.8 Å². The monoisotopic (exact) mass is 403 g/mol. The maximum atomic E-state index is 12.2. The lowest BCUT2D eigenvalue weighted by atomic mass is 10.1. The average molecular weight is 404 g/mol. The van der Waals surface area contributed by atoms with Gasteiger partial charge in [-0.15, -0.1) is 0 Å². The number of nitrogens with zero attached hydrogens (tertiary/aromatic N) is 2. The van der Waals surface area contributed by atoms with Crippen molar-refractivity contribution < 1.29 is 9.53 Å². The summed E-state index contributed by atoms with van der Waals surface area (Å²) in [6, 6.07) is 25.3. The molecule has 0 spiro atoms. The van der Waals surface area contributed by atoms with Crippen molar-refractivity contribution in [3.63, 3.8) is 0 Å². The van der Waals surface area contributed by atoms with E-state index in [-0.39, 0.29) is 0 Å². The Morgan fingerprint density at radius 1 is 1.03 bits per heavy atom. The normalized spacial score (nSPS) is 12.0. The largest absolute Gasteiger partial charge is 0.494 e. The van der Waals surface area contributed by atoms with E-state index in [1.807, 2.05) is 85.8 Å². The van der Waals surface area contributed by atoms with Crippen LogP contribution in [-0.2, 0) is 4.79 Å². The number of para-hydroxylation sites is 2. The highest BCUT2D eigenvalue weighted by Gasteiger charge is 2.23. The third-order valence-corrected chi connectivity index (χ3v) is 5.74.